The van der Waals surface area contributed by atoms with Gasteiger partial charge in [-0.2, -0.15) is 0 Å². The van der Waals surface area contributed by atoms with Crippen molar-refractivity contribution >= 4 is 11.3 Å². The fraction of sp³-hybridized carbons (Fsp3) is 0.733. The van der Waals surface area contributed by atoms with E-state index in [4.69, 9.17) is 0 Å². The molecule has 1 aliphatic heterocycles. The molecule has 2 heterocycles. The van der Waals surface area contributed by atoms with Gasteiger partial charge in [0, 0.05) is 11.4 Å². The van der Waals surface area contributed by atoms with Crippen molar-refractivity contribution in [2.75, 3.05) is 13.1 Å². The van der Waals surface area contributed by atoms with Crippen LogP contribution in [0.1, 0.15) is 51.0 Å². The Balaban J connectivity index is 2.02. The Kier molecular flexibility index (Phi) is 3.94. The molecule has 1 fully saturated rings. The SMILES string of the molecule is CC1CCN(Cc2sccc2C(C)(C)C)CC1. The fourth-order valence-electron chi connectivity index (χ4n) is 2.55. The third-order valence-electron chi connectivity index (χ3n) is 3.80. The lowest BCUT2D eigenvalue weighted by atomic mass is 9.87. The van der Waals surface area contributed by atoms with Gasteiger partial charge in [-0.05, 0) is 54.3 Å². The van der Waals surface area contributed by atoms with Crippen LogP contribution in [0, 0.1) is 5.92 Å². The standard InChI is InChI=1S/C15H25NS/c1-12-5-8-16(9-6-12)11-14-13(7-10-17-14)15(2,3)4/h7,10,12H,5-6,8-9,11H2,1-4H3. The number of nitrogens with zero attached hydrogens (tertiary/aromatic N) is 1. The summed E-state index contributed by atoms with van der Waals surface area (Å²) in [6.45, 7) is 13.1. The smallest absolute Gasteiger partial charge is 0.0330 e. The number of piperidine rings is 1. The minimum Gasteiger partial charge on any atom is -0.298 e. The highest BCUT2D eigenvalue weighted by Gasteiger charge is 2.22. The zero-order chi connectivity index (χ0) is 12.5. The first kappa shape index (κ1) is 13.1. The molecule has 0 saturated carbocycles. The molecular formula is C15H25NS. The predicted molar refractivity (Wildman–Crippen MR) is 76.7 cm³/mol. The molecule has 0 unspecified atom stereocenters. The molecule has 0 spiro atoms. The summed E-state index contributed by atoms with van der Waals surface area (Å²) < 4.78 is 0. The Morgan fingerprint density at radius 3 is 2.53 bits per heavy atom. The van der Waals surface area contributed by atoms with Crippen LogP contribution in [0.2, 0.25) is 0 Å². The topological polar surface area (TPSA) is 3.24 Å². The van der Waals surface area contributed by atoms with E-state index in [9.17, 15) is 0 Å². The minimum atomic E-state index is 0.290. The molecule has 0 amide bonds. The molecule has 1 nitrogen and oxygen atoms in total. The van der Waals surface area contributed by atoms with Gasteiger partial charge in [-0.15, -0.1) is 11.3 Å². The van der Waals surface area contributed by atoms with E-state index >= 15 is 0 Å². The van der Waals surface area contributed by atoms with Crippen molar-refractivity contribution in [1.82, 2.24) is 4.90 Å². The van der Waals surface area contributed by atoms with Crippen LogP contribution >= 0.6 is 11.3 Å². The molecule has 17 heavy (non-hydrogen) atoms. The third kappa shape index (κ3) is 3.32. The lowest BCUT2D eigenvalue weighted by molar-refractivity contribution is 0.186. The van der Waals surface area contributed by atoms with Crippen molar-refractivity contribution in [3.8, 4) is 0 Å². The summed E-state index contributed by atoms with van der Waals surface area (Å²) in [5.74, 6) is 0.927. The summed E-state index contributed by atoms with van der Waals surface area (Å²) in [6, 6.07) is 2.31. The molecule has 2 heteroatoms. The lowest BCUT2D eigenvalue weighted by Crippen LogP contribution is -2.32. The van der Waals surface area contributed by atoms with Crippen molar-refractivity contribution in [3.05, 3.63) is 21.9 Å². The van der Waals surface area contributed by atoms with Crippen LogP contribution in [0.4, 0.5) is 0 Å². The second-order valence-electron chi connectivity index (χ2n) is 6.47. The number of hydrogen-bond donors (Lipinski definition) is 0. The van der Waals surface area contributed by atoms with Gasteiger partial charge < -0.3 is 0 Å². The first-order valence-electron chi connectivity index (χ1n) is 6.76. The van der Waals surface area contributed by atoms with E-state index in [1.807, 2.05) is 11.3 Å². The van der Waals surface area contributed by atoms with Gasteiger partial charge in [-0.3, -0.25) is 4.90 Å². The maximum atomic E-state index is 2.63. The molecule has 2 rings (SSSR count). The maximum Gasteiger partial charge on any atom is 0.0330 e. The number of rotatable bonds is 2. The Labute approximate surface area is 110 Å². The Hall–Kier alpha value is -0.340. The van der Waals surface area contributed by atoms with Gasteiger partial charge in [-0.25, -0.2) is 0 Å². The first-order valence-corrected chi connectivity index (χ1v) is 7.64. The molecule has 0 bridgehead atoms. The molecule has 0 aliphatic carbocycles. The summed E-state index contributed by atoms with van der Waals surface area (Å²) in [5, 5.41) is 2.25. The van der Waals surface area contributed by atoms with Gasteiger partial charge in [-0.1, -0.05) is 27.7 Å². The second-order valence-corrected chi connectivity index (χ2v) is 7.47. The quantitative estimate of drug-likeness (QED) is 0.758. The fourth-order valence-corrected chi connectivity index (χ4v) is 3.68. The van der Waals surface area contributed by atoms with Crippen molar-refractivity contribution in [1.29, 1.82) is 0 Å². The average molecular weight is 251 g/mol. The van der Waals surface area contributed by atoms with Crippen molar-refractivity contribution in [2.24, 2.45) is 5.92 Å². The molecule has 1 aromatic rings. The van der Waals surface area contributed by atoms with Gasteiger partial charge in [0.2, 0.25) is 0 Å². The zero-order valence-corrected chi connectivity index (χ0v) is 12.4. The Morgan fingerprint density at radius 2 is 1.94 bits per heavy atom. The van der Waals surface area contributed by atoms with Crippen LogP contribution in [0.15, 0.2) is 11.4 Å². The van der Waals surface area contributed by atoms with E-state index < -0.39 is 0 Å². The molecule has 0 aromatic carbocycles. The van der Waals surface area contributed by atoms with Crippen LogP contribution in [-0.2, 0) is 12.0 Å². The predicted octanol–water partition coefficient (Wildman–Crippen LogP) is 4.28. The number of likely N-dealkylation sites (tertiary alicyclic amines) is 1. The Bertz CT molecular complexity index is 353. The molecule has 1 aliphatic rings. The Morgan fingerprint density at radius 1 is 1.29 bits per heavy atom. The lowest BCUT2D eigenvalue weighted by Gasteiger charge is -2.31. The largest absolute Gasteiger partial charge is 0.298 e. The van der Waals surface area contributed by atoms with E-state index in [0.717, 1.165) is 12.5 Å². The highest BCUT2D eigenvalue weighted by Crippen LogP contribution is 2.31. The molecule has 0 radical (unpaired) electrons. The van der Waals surface area contributed by atoms with Gasteiger partial charge in [0.25, 0.3) is 0 Å². The van der Waals surface area contributed by atoms with Crippen molar-refractivity contribution in [3.63, 3.8) is 0 Å². The molecule has 0 N–H and O–H groups in total. The monoisotopic (exact) mass is 251 g/mol. The summed E-state index contributed by atoms with van der Waals surface area (Å²) in [5.41, 5.74) is 1.83. The summed E-state index contributed by atoms with van der Waals surface area (Å²) in [4.78, 5) is 4.20. The first-order chi connectivity index (χ1) is 7.97. The molecule has 0 atom stereocenters. The van der Waals surface area contributed by atoms with Gasteiger partial charge in [0.15, 0.2) is 0 Å². The highest BCUT2D eigenvalue weighted by atomic mass is 32.1. The highest BCUT2D eigenvalue weighted by molar-refractivity contribution is 7.10. The van der Waals surface area contributed by atoms with Crippen LogP contribution < -0.4 is 0 Å². The number of hydrogen-bond acceptors (Lipinski definition) is 2. The summed E-state index contributed by atoms with van der Waals surface area (Å²) >= 11 is 1.93. The molecule has 1 aromatic heterocycles. The van der Waals surface area contributed by atoms with E-state index in [1.54, 1.807) is 10.4 Å². The molecular weight excluding hydrogens is 226 g/mol. The van der Waals surface area contributed by atoms with Crippen LogP contribution in [-0.4, -0.2) is 18.0 Å². The van der Waals surface area contributed by atoms with Crippen molar-refractivity contribution < 1.29 is 0 Å². The maximum absolute atomic E-state index is 2.63. The van der Waals surface area contributed by atoms with Gasteiger partial charge in [0.05, 0.1) is 0 Å². The van der Waals surface area contributed by atoms with E-state index in [2.05, 4.69) is 44.0 Å². The summed E-state index contributed by atoms with van der Waals surface area (Å²) in [6.07, 6.45) is 2.74. The van der Waals surface area contributed by atoms with E-state index in [1.165, 1.54) is 25.9 Å². The van der Waals surface area contributed by atoms with Crippen LogP contribution in [0.5, 0.6) is 0 Å². The third-order valence-corrected chi connectivity index (χ3v) is 4.70. The van der Waals surface area contributed by atoms with Crippen LogP contribution in [0.25, 0.3) is 0 Å². The van der Waals surface area contributed by atoms with Gasteiger partial charge >= 0.3 is 0 Å². The normalized spacial score (nSPS) is 19.8. The molecule has 96 valence electrons. The van der Waals surface area contributed by atoms with Gasteiger partial charge in [0.1, 0.15) is 0 Å². The zero-order valence-electron chi connectivity index (χ0n) is 11.6. The van der Waals surface area contributed by atoms with E-state index in [-0.39, 0.29) is 0 Å². The summed E-state index contributed by atoms with van der Waals surface area (Å²) in [7, 11) is 0. The van der Waals surface area contributed by atoms with Crippen molar-refractivity contribution in [2.45, 2.75) is 52.5 Å². The van der Waals surface area contributed by atoms with E-state index in [0.29, 0.717) is 5.41 Å². The minimum absolute atomic E-state index is 0.290. The number of thiophene rings is 1. The average Bonchev–Trinajstić information content (AvgIpc) is 2.69. The van der Waals surface area contributed by atoms with Crippen LogP contribution in [0.3, 0.4) is 0 Å². The second kappa shape index (κ2) is 5.11. The molecule has 1 saturated heterocycles.